The summed E-state index contributed by atoms with van der Waals surface area (Å²) in [5.41, 5.74) is 7.80. The number of nitrogens with two attached hydrogens (primary N) is 1. The molecule has 2 fully saturated rings. The van der Waals surface area contributed by atoms with Crippen LogP contribution >= 0.6 is 0 Å². The van der Waals surface area contributed by atoms with Crippen LogP contribution in [0.25, 0.3) is 0 Å². The molecule has 24 heavy (non-hydrogen) atoms. The van der Waals surface area contributed by atoms with Gasteiger partial charge >= 0.3 is 0 Å². The molecule has 3 aliphatic rings. The maximum absolute atomic E-state index is 14.0. The Bertz CT molecular complexity index is 651. The summed E-state index contributed by atoms with van der Waals surface area (Å²) in [7, 11) is 0. The molecule has 0 aliphatic carbocycles. The third-order valence-corrected chi connectivity index (χ3v) is 5.50. The molecule has 0 saturated carbocycles. The van der Waals surface area contributed by atoms with E-state index in [1.54, 1.807) is 0 Å². The monoisotopic (exact) mass is 335 g/mol. The number of ether oxygens (including phenoxy) is 1. The molecule has 0 bridgehead atoms. The molecule has 4 rings (SSSR count). The number of fused-ring (bicyclic) bond motifs is 1. The van der Waals surface area contributed by atoms with Crippen LogP contribution < -0.4 is 5.73 Å². The molecule has 6 heteroatoms. The molecule has 4 nitrogen and oxygen atoms in total. The highest BCUT2D eigenvalue weighted by Crippen LogP contribution is 2.33. The van der Waals surface area contributed by atoms with Crippen LogP contribution in [0.1, 0.15) is 30.9 Å². The van der Waals surface area contributed by atoms with Gasteiger partial charge in [-0.15, -0.1) is 0 Å². The SMILES string of the molecule is NC1CC(N2CC3=NCCCC3C2)COC1c1cc(F)ccc1F. The number of likely N-dealkylation sites (tertiary alicyclic amines) is 1. The first-order chi connectivity index (χ1) is 11.6. The highest BCUT2D eigenvalue weighted by molar-refractivity contribution is 5.91. The van der Waals surface area contributed by atoms with Crippen LogP contribution in [0, 0.1) is 17.6 Å². The summed E-state index contributed by atoms with van der Waals surface area (Å²) >= 11 is 0. The van der Waals surface area contributed by atoms with Gasteiger partial charge in [-0.2, -0.15) is 0 Å². The van der Waals surface area contributed by atoms with Crippen LogP contribution in [0.5, 0.6) is 0 Å². The molecule has 1 aromatic carbocycles. The van der Waals surface area contributed by atoms with E-state index in [1.807, 2.05) is 0 Å². The van der Waals surface area contributed by atoms with Gasteiger partial charge in [-0.05, 0) is 37.5 Å². The molecule has 130 valence electrons. The van der Waals surface area contributed by atoms with Crippen LogP contribution in [0.4, 0.5) is 8.78 Å². The van der Waals surface area contributed by atoms with Gasteiger partial charge < -0.3 is 10.5 Å². The van der Waals surface area contributed by atoms with Crippen molar-refractivity contribution in [2.45, 2.75) is 37.5 Å². The highest BCUT2D eigenvalue weighted by atomic mass is 19.1. The Labute approximate surface area is 140 Å². The topological polar surface area (TPSA) is 50.8 Å². The lowest BCUT2D eigenvalue weighted by Gasteiger charge is -2.38. The molecule has 0 radical (unpaired) electrons. The third-order valence-electron chi connectivity index (χ3n) is 5.50. The summed E-state index contributed by atoms with van der Waals surface area (Å²) in [6, 6.07) is 3.32. The lowest BCUT2D eigenvalue weighted by molar-refractivity contribution is -0.0471. The van der Waals surface area contributed by atoms with E-state index in [0.29, 0.717) is 12.5 Å². The lowest BCUT2D eigenvalue weighted by Crippen LogP contribution is -2.48. The van der Waals surface area contributed by atoms with E-state index >= 15 is 0 Å². The molecule has 4 atom stereocenters. The zero-order chi connectivity index (χ0) is 16.7. The smallest absolute Gasteiger partial charge is 0.129 e. The third kappa shape index (κ3) is 2.98. The highest BCUT2D eigenvalue weighted by Gasteiger charge is 2.39. The Hall–Kier alpha value is -1.37. The predicted octanol–water partition coefficient (Wildman–Crippen LogP) is 2.29. The number of rotatable bonds is 2. The normalized spacial score (nSPS) is 34.0. The second-order valence-corrected chi connectivity index (χ2v) is 7.11. The van der Waals surface area contributed by atoms with Crippen molar-refractivity contribution in [2.75, 3.05) is 26.2 Å². The van der Waals surface area contributed by atoms with Gasteiger partial charge in [0.2, 0.25) is 0 Å². The first-order valence-corrected chi connectivity index (χ1v) is 8.71. The molecule has 0 aromatic heterocycles. The van der Waals surface area contributed by atoms with Gasteiger partial charge in [0, 0.05) is 48.9 Å². The molecule has 3 heterocycles. The van der Waals surface area contributed by atoms with Gasteiger partial charge in [0.05, 0.1) is 6.61 Å². The van der Waals surface area contributed by atoms with Crippen LogP contribution in [0.2, 0.25) is 0 Å². The quantitative estimate of drug-likeness (QED) is 0.902. The van der Waals surface area contributed by atoms with Gasteiger partial charge in [0.25, 0.3) is 0 Å². The van der Waals surface area contributed by atoms with Crippen molar-refractivity contribution in [3.8, 4) is 0 Å². The van der Waals surface area contributed by atoms with Crippen molar-refractivity contribution >= 4 is 5.71 Å². The van der Waals surface area contributed by atoms with Gasteiger partial charge in [-0.3, -0.25) is 9.89 Å². The summed E-state index contributed by atoms with van der Waals surface area (Å²) in [6.45, 7) is 3.35. The zero-order valence-electron chi connectivity index (χ0n) is 13.6. The standard InChI is InChI=1S/C18H23F2N3O/c19-12-3-4-15(20)14(6-12)18-16(21)7-13(10-24-18)23-8-11-2-1-5-22-17(11)9-23/h3-4,6,11,13,16,18H,1-2,5,7-10,21H2. The van der Waals surface area contributed by atoms with Crippen LogP contribution in [-0.2, 0) is 4.74 Å². The first-order valence-electron chi connectivity index (χ1n) is 8.71. The fraction of sp³-hybridized carbons (Fsp3) is 0.611. The zero-order valence-corrected chi connectivity index (χ0v) is 13.6. The van der Waals surface area contributed by atoms with Gasteiger partial charge in [0.15, 0.2) is 0 Å². The molecule has 4 unspecified atom stereocenters. The maximum Gasteiger partial charge on any atom is 0.129 e. The van der Waals surface area contributed by atoms with E-state index in [9.17, 15) is 8.78 Å². The second kappa shape index (κ2) is 6.50. The summed E-state index contributed by atoms with van der Waals surface area (Å²) < 4.78 is 33.3. The van der Waals surface area contributed by atoms with E-state index in [0.717, 1.165) is 38.2 Å². The summed E-state index contributed by atoms with van der Waals surface area (Å²) in [5, 5.41) is 0. The van der Waals surface area contributed by atoms with Crippen molar-refractivity contribution in [3.05, 3.63) is 35.4 Å². The minimum Gasteiger partial charge on any atom is -0.370 e. The molecule has 0 amide bonds. The molecule has 2 saturated heterocycles. The minimum absolute atomic E-state index is 0.223. The molecule has 2 N–H and O–H groups in total. The minimum atomic E-state index is -0.584. The average Bonchev–Trinajstić information content (AvgIpc) is 3.01. The molecule has 1 aromatic rings. The van der Waals surface area contributed by atoms with Crippen molar-refractivity contribution in [1.82, 2.24) is 4.90 Å². The van der Waals surface area contributed by atoms with E-state index < -0.39 is 17.7 Å². The van der Waals surface area contributed by atoms with Crippen molar-refractivity contribution in [1.29, 1.82) is 0 Å². The van der Waals surface area contributed by atoms with Crippen molar-refractivity contribution < 1.29 is 13.5 Å². The summed E-state index contributed by atoms with van der Waals surface area (Å²) in [6.07, 6.45) is 2.52. The maximum atomic E-state index is 14.0. The van der Waals surface area contributed by atoms with E-state index in [-0.39, 0.29) is 17.6 Å². The van der Waals surface area contributed by atoms with Crippen LogP contribution in [0.15, 0.2) is 23.2 Å². The fourth-order valence-electron chi connectivity index (χ4n) is 4.22. The summed E-state index contributed by atoms with van der Waals surface area (Å²) in [4.78, 5) is 7.05. The van der Waals surface area contributed by atoms with Crippen molar-refractivity contribution in [2.24, 2.45) is 16.6 Å². The Balaban J connectivity index is 1.44. The predicted molar refractivity (Wildman–Crippen MR) is 88.0 cm³/mol. The molecule has 3 aliphatic heterocycles. The molecular formula is C18H23F2N3O. The first kappa shape index (κ1) is 16.1. The fourth-order valence-corrected chi connectivity index (χ4v) is 4.22. The van der Waals surface area contributed by atoms with Crippen LogP contribution in [0.3, 0.4) is 0 Å². The summed E-state index contributed by atoms with van der Waals surface area (Å²) in [5.74, 6) is -0.351. The lowest BCUT2D eigenvalue weighted by atomic mass is 9.93. The Morgan fingerprint density at radius 3 is 2.96 bits per heavy atom. The Kier molecular flexibility index (Phi) is 4.37. The van der Waals surface area contributed by atoms with Gasteiger partial charge in [-0.25, -0.2) is 8.78 Å². The second-order valence-electron chi connectivity index (χ2n) is 7.11. The molecule has 0 spiro atoms. The number of benzene rings is 1. The number of nitrogens with zero attached hydrogens (tertiary/aromatic N) is 2. The number of hydrogen-bond donors (Lipinski definition) is 1. The van der Waals surface area contributed by atoms with Gasteiger partial charge in [0.1, 0.15) is 17.7 Å². The van der Waals surface area contributed by atoms with Crippen LogP contribution in [-0.4, -0.2) is 48.9 Å². The number of halogens is 2. The van der Waals surface area contributed by atoms with E-state index in [2.05, 4.69) is 9.89 Å². The van der Waals surface area contributed by atoms with Gasteiger partial charge in [-0.1, -0.05) is 0 Å². The molecular weight excluding hydrogens is 312 g/mol. The van der Waals surface area contributed by atoms with E-state index in [1.165, 1.54) is 24.6 Å². The van der Waals surface area contributed by atoms with E-state index in [4.69, 9.17) is 10.5 Å². The van der Waals surface area contributed by atoms with Crippen molar-refractivity contribution in [3.63, 3.8) is 0 Å². The largest absolute Gasteiger partial charge is 0.370 e. The number of hydrogen-bond acceptors (Lipinski definition) is 4. The Morgan fingerprint density at radius 2 is 2.17 bits per heavy atom. The number of aliphatic imine (C=N–C) groups is 1. The average molecular weight is 335 g/mol. The Morgan fingerprint density at radius 1 is 1.29 bits per heavy atom.